The molecule has 1 saturated carbocycles. The van der Waals surface area contributed by atoms with Gasteiger partial charge in [-0.1, -0.05) is 13.8 Å². The summed E-state index contributed by atoms with van der Waals surface area (Å²) in [6.07, 6.45) is 4.10. The van der Waals surface area contributed by atoms with Crippen LogP contribution in [-0.2, 0) is 0 Å². The van der Waals surface area contributed by atoms with Gasteiger partial charge in [-0.25, -0.2) is 0 Å². The Morgan fingerprint density at radius 2 is 2.00 bits per heavy atom. The molecule has 0 bridgehead atoms. The quantitative estimate of drug-likeness (QED) is 0.856. The first-order chi connectivity index (χ1) is 8.81. The van der Waals surface area contributed by atoms with Crippen molar-refractivity contribution in [3.63, 3.8) is 0 Å². The van der Waals surface area contributed by atoms with Gasteiger partial charge in [-0.3, -0.25) is 0 Å². The van der Waals surface area contributed by atoms with Crippen LogP contribution in [0, 0.1) is 11.3 Å². The summed E-state index contributed by atoms with van der Waals surface area (Å²) in [6.45, 7) is 13.5. The molecule has 1 aliphatic carbocycles. The Kier molecular flexibility index (Phi) is 4.90. The number of nitrogens with zero attached hydrogens (tertiary/aromatic N) is 1. The Hall–Kier alpha value is 0.270. The molecule has 2 rings (SSSR count). The predicted octanol–water partition coefficient (Wildman–Crippen LogP) is 3.23. The third kappa shape index (κ3) is 4.37. The Labute approximate surface area is 124 Å². The van der Waals surface area contributed by atoms with Gasteiger partial charge in [-0.15, -0.1) is 0 Å². The molecule has 112 valence electrons. The van der Waals surface area contributed by atoms with E-state index in [0.717, 1.165) is 12.0 Å². The Morgan fingerprint density at radius 1 is 1.26 bits per heavy atom. The van der Waals surface area contributed by atoms with Crippen molar-refractivity contribution in [3.05, 3.63) is 0 Å². The van der Waals surface area contributed by atoms with Crippen molar-refractivity contribution in [1.82, 2.24) is 10.2 Å². The number of thioether (sulfide) groups is 1. The van der Waals surface area contributed by atoms with Crippen LogP contribution in [0.25, 0.3) is 0 Å². The van der Waals surface area contributed by atoms with Gasteiger partial charge in [0.05, 0.1) is 0 Å². The van der Waals surface area contributed by atoms with Crippen LogP contribution in [0.15, 0.2) is 0 Å². The topological polar surface area (TPSA) is 15.3 Å². The van der Waals surface area contributed by atoms with Crippen LogP contribution in [0.4, 0.5) is 0 Å². The van der Waals surface area contributed by atoms with Crippen LogP contribution in [0.3, 0.4) is 0 Å². The summed E-state index contributed by atoms with van der Waals surface area (Å²) in [5, 5.41) is 3.57. The van der Waals surface area contributed by atoms with Crippen LogP contribution in [0.1, 0.15) is 47.0 Å². The van der Waals surface area contributed by atoms with Gasteiger partial charge >= 0.3 is 0 Å². The zero-order chi connectivity index (χ0) is 14.1. The average Bonchev–Trinajstić information content (AvgIpc) is 2.26. The van der Waals surface area contributed by atoms with Gasteiger partial charge in [0.15, 0.2) is 0 Å². The highest BCUT2D eigenvalue weighted by atomic mass is 32.2. The summed E-state index contributed by atoms with van der Waals surface area (Å²) in [4.78, 5) is 2.72. The molecule has 0 radical (unpaired) electrons. The number of hydrogen-bond acceptors (Lipinski definition) is 3. The number of rotatable bonds is 3. The summed E-state index contributed by atoms with van der Waals surface area (Å²) in [5.74, 6) is 2.13. The van der Waals surface area contributed by atoms with Crippen LogP contribution >= 0.6 is 11.8 Å². The second kappa shape index (κ2) is 5.95. The van der Waals surface area contributed by atoms with Crippen LogP contribution < -0.4 is 5.32 Å². The van der Waals surface area contributed by atoms with Crippen LogP contribution in [-0.4, -0.2) is 48.1 Å². The molecule has 2 nitrogen and oxygen atoms in total. The van der Waals surface area contributed by atoms with Gasteiger partial charge in [0.25, 0.3) is 0 Å². The van der Waals surface area contributed by atoms with Crippen molar-refractivity contribution >= 4 is 11.8 Å². The molecule has 0 aromatic rings. The molecule has 1 N–H and O–H groups in total. The van der Waals surface area contributed by atoms with Gasteiger partial charge in [0.2, 0.25) is 0 Å². The molecule has 19 heavy (non-hydrogen) atoms. The number of hydrogen-bond donors (Lipinski definition) is 1. The van der Waals surface area contributed by atoms with Crippen molar-refractivity contribution in [1.29, 1.82) is 0 Å². The van der Waals surface area contributed by atoms with Crippen LogP contribution in [0.2, 0.25) is 0 Å². The molecule has 1 heterocycles. The van der Waals surface area contributed by atoms with E-state index in [9.17, 15) is 0 Å². The fourth-order valence-electron chi connectivity index (χ4n) is 3.91. The maximum absolute atomic E-state index is 3.57. The smallest absolute Gasteiger partial charge is 0.0231 e. The molecule has 2 fully saturated rings. The van der Waals surface area contributed by atoms with E-state index in [1.54, 1.807) is 0 Å². The van der Waals surface area contributed by atoms with E-state index < -0.39 is 0 Å². The van der Waals surface area contributed by atoms with Crippen molar-refractivity contribution in [2.45, 2.75) is 57.7 Å². The lowest BCUT2D eigenvalue weighted by Gasteiger charge is -2.45. The van der Waals surface area contributed by atoms with Gasteiger partial charge in [0.1, 0.15) is 0 Å². The fraction of sp³-hybridized carbons (Fsp3) is 1.00. The molecule has 0 aromatic carbocycles. The van der Waals surface area contributed by atoms with Gasteiger partial charge < -0.3 is 10.2 Å². The fourth-order valence-corrected chi connectivity index (χ4v) is 5.09. The van der Waals surface area contributed by atoms with Gasteiger partial charge in [0, 0.05) is 36.2 Å². The predicted molar refractivity (Wildman–Crippen MR) is 86.9 cm³/mol. The molecular weight excluding hydrogens is 252 g/mol. The average molecular weight is 285 g/mol. The Balaban J connectivity index is 1.95. The first kappa shape index (κ1) is 15.7. The molecule has 0 spiro atoms. The minimum absolute atomic E-state index is 0.442. The molecule has 1 aliphatic heterocycles. The van der Waals surface area contributed by atoms with Crippen molar-refractivity contribution < 1.29 is 0 Å². The molecular formula is C16H32N2S. The SMILES string of the molecule is CNC1CCC(C)(C)CC1CN1CCSC(C)(C)C1. The second-order valence-electron chi connectivity index (χ2n) is 7.91. The van der Waals surface area contributed by atoms with Crippen molar-refractivity contribution in [2.24, 2.45) is 11.3 Å². The standard InChI is InChI=1S/C16H32N2S/c1-15(2)7-6-14(17-5)13(10-15)11-18-8-9-19-16(3,4)12-18/h13-14,17H,6-12H2,1-5H3. The summed E-state index contributed by atoms with van der Waals surface area (Å²) < 4.78 is 0.442. The highest BCUT2D eigenvalue weighted by molar-refractivity contribution is 8.00. The Bertz CT molecular complexity index is 301. The maximum Gasteiger partial charge on any atom is 0.0231 e. The monoisotopic (exact) mass is 284 g/mol. The molecule has 0 aromatic heterocycles. The third-order valence-corrected chi connectivity index (χ3v) is 6.18. The van der Waals surface area contributed by atoms with E-state index in [4.69, 9.17) is 0 Å². The first-order valence-corrected chi connectivity index (χ1v) is 8.83. The molecule has 2 unspecified atom stereocenters. The maximum atomic E-state index is 3.57. The lowest BCUT2D eigenvalue weighted by atomic mass is 9.69. The molecule has 0 amide bonds. The largest absolute Gasteiger partial charge is 0.317 e. The minimum atomic E-state index is 0.442. The third-order valence-electron chi connectivity index (χ3n) is 4.88. The summed E-state index contributed by atoms with van der Waals surface area (Å²) in [6, 6.07) is 0.728. The summed E-state index contributed by atoms with van der Waals surface area (Å²) in [5.41, 5.74) is 0.540. The lowest BCUT2D eigenvalue weighted by molar-refractivity contribution is 0.101. The summed E-state index contributed by atoms with van der Waals surface area (Å²) >= 11 is 2.14. The highest BCUT2D eigenvalue weighted by Crippen LogP contribution is 2.39. The zero-order valence-corrected chi connectivity index (χ0v) is 14.3. The normalized spacial score (nSPS) is 35.2. The van der Waals surface area contributed by atoms with Crippen LogP contribution in [0.5, 0.6) is 0 Å². The molecule has 1 saturated heterocycles. The van der Waals surface area contributed by atoms with Crippen molar-refractivity contribution in [2.75, 3.05) is 32.4 Å². The summed E-state index contributed by atoms with van der Waals surface area (Å²) in [7, 11) is 2.14. The van der Waals surface area contributed by atoms with Crippen molar-refractivity contribution in [3.8, 4) is 0 Å². The van der Waals surface area contributed by atoms with Gasteiger partial charge in [-0.2, -0.15) is 11.8 Å². The second-order valence-corrected chi connectivity index (χ2v) is 9.71. The van der Waals surface area contributed by atoms with E-state index in [1.807, 2.05) is 0 Å². The van der Waals surface area contributed by atoms with Gasteiger partial charge in [-0.05, 0) is 51.5 Å². The minimum Gasteiger partial charge on any atom is -0.317 e. The lowest BCUT2D eigenvalue weighted by Crippen LogP contribution is -2.50. The zero-order valence-electron chi connectivity index (χ0n) is 13.5. The van der Waals surface area contributed by atoms with E-state index in [1.165, 1.54) is 44.6 Å². The number of nitrogens with one attached hydrogen (secondary N) is 1. The van der Waals surface area contributed by atoms with E-state index >= 15 is 0 Å². The highest BCUT2D eigenvalue weighted by Gasteiger charge is 2.36. The molecule has 2 atom stereocenters. The van der Waals surface area contributed by atoms with E-state index in [2.05, 4.69) is 56.7 Å². The Morgan fingerprint density at radius 3 is 2.63 bits per heavy atom. The first-order valence-electron chi connectivity index (χ1n) is 7.85. The van der Waals surface area contributed by atoms with E-state index in [-0.39, 0.29) is 0 Å². The molecule has 3 heteroatoms. The van der Waals surface area contributed by atoms with E-state index in [0.29, 0.717) is 10.2 Å². The molecule has 2 aliphatic rings.